The molecule has 1 heterocycles. The zero-order valence-corrected chi connectivity index (χ0v) is 12.8. The smallest absolute Gasteiger partial charge is 0.243 e. The molecule has 1 saturated heterocycles. The number of anilines is 1. The Kier molecular flexibility index (Phi) is 4.55. The van der Waals surface area contributed by atoms with Crippen molar-refractivity contribution < 1.29 is 18.4 Å². The fourth-order valence-electron chi connectivity index (χ4n) is 2.77. The van der Waals surface area contributed by atoms with Gasteiger partial charge in [-0.25, -0.2) is 8.78 Å². The van der Waals surface area contributed by atoms with Gasteiger partial charge >= 0.3 is 0 Å². The lowest BCUT2D eigenvalue weighted by Crippen LogP contribution is -2.44. The van der Waals surface area contributed by atoms with E-state index in [9.17, 15) is 18.4 Å². The molecular weight excluding hydrogens is 314 g/mol. The van der Waals surface area contributed by atoms with Crippen molar-refractivity contribution in [3.63, 3.8) is 0 Å². The summed E-state index contributed by atoms with van der Waals surface area (Å²) in [5.41, 5.74) is 1.27. The molecule has 3 rings (SSSR count). The first-order valence-corrected chi connectivity index (χ1v) is 7.64. The van der Waals surface area contributed by atoms with Crippen LogP contribution in [-0.4, -0.2) is 17.9 Å². The van der Waals surface area contributed by atoms with Crippen molar-refractivity contribution in [1.82, 2.24) is 5.32 Å². The van der Waals surface area contributed by atoms with E-state index in [1.165, 1.54) is 41.3 Å². The molecule has 2 aromatic carbocycles. The van der Waals surface area contributed by atoms with Crippen LogP contribution in [0.25, 0.3) is 0 Å². The molecule has 24 heavy (non-hydrogen) atoms. The summed E-state index contributed by atoms with van der Waals surface area (Å²) in [5.74, 6) is -1.19. The first-order valence-electron chi connectivity index (χ1n) is 7.64. The van der Waals surface area contributed by atoms with Crippen molar-refractivity contribution in [3.05, 3.63) is 65.7 Å². The maximum atomic E-state index is 13.1. The predicted octanol–water partition coefficient (Wildman–Crippen LogP) is 2.78. The summed E-state index contributed by atoms with van der Waals surface area (Å²) in [6, 6.07) is 10.7. The maximum Gasteiger partial charge on any atom is 0.243 e. The van der Waals surface area contributed by atoms with Crippen molar-refractivity contribution in [2.75, 3.05) is 4.90 Å². The number of carbonyl (C=O) groups excluding carboxylic acids is 2. The Labute approximate surface area is 138 Å². The van der Waals surface area contributed by atoms with Crippen LogP contribution < -0.4 is 10.2 Å². The maximum absolute atomic E-state index is 13.1. The highest BCUT2D eigenvalue weighted by atomic mass is 19.1. The zero-order chi connectivity index (χ0) is 17.1. The Morgan fingerprint density at radius 1 is 1.04 bits per heavy atom. The zero-order valence-electron chi connectivity index (χ0n) is 12.8. The van der Waals surface area contributed by atoms with Crippen LogP contribution in [0.4, 0.5) is 14.5 Å². The summed E-state index contributed by atoms with van der Waals surface area (Å²) in [7, 11) is 0. The number of hydrogen-bond donors (Lipinski definition) is 1. The largest absolute Gasteiger partial charge is 0.350 e. The molecule has 0 aromatic heterocycles. The van der Waals surface area contributed by atoms with Crippen molar-refractivity contribution >= 4 is 17.5 Å². The van der Waals surface area contributed by atoms with Crippen LogP contribution >= 0.6 is 0 Å². The summed E-state index contributed by atoms with van der Waals surface area (Å²) < 4.78 is 25.9. The fourth-order valence-corrected chi connectivity index (χ4v) is 2.77. The second-order valence-corrected chi connectivity index (χ2v) is 5.64. The molecule has 1 aliphatic heterocycles. The number of nitrogens with zero attached hydrogens (tertiary/aromatic N) is 1. The lowest BCUT2D eigenvalue weighted by atomic mass is 10.1. The summed E-state index contributed by atoms with van der Waals surface area (Å²) in [5, 5.41) is 2.76. The highest BCUT2D eigenvalue weighted by Gasteiger charge is 2.36. The van der Waals surface area contributed by atoms with E-state index in [0.717, 1.165) is 5.56 Å². The number of rotatable bonds is 4. The standard InChI is InChI=1S/C18H16F2N2O2/c19-13-3-1-12(2-4-13)11-21-18(24)16-9-10-17(23)22(16)15-7-5-14(20)6-8-15/h1-8,16H,9-11H2,(H,21,24). The summed E-state index contributed by atoms with van der Waals surface area (Å²) in [6.07, 6.45) is 0.678. The molecule has 1 fully saturated rings. The average molecular weight is 330 g/mol. The summed E-state index contributed by atoms with van der Waals surface area (Å²) in [4.78, 5) is 25.9. The number of hydrogen-bond acceptors (Lipinski definition) is 2. The van der Waals surface area contributed by atoms with Gasteiger partial charge in [0.2, 0.25) is 11.8 Å². The minimum Gasteiger partial charge on any atom is -0.350 e. The van der Waals surface area contributed by atoms with Gasteiger partial charge in [-0.2, -0.15) is 0 Å². The Balaban J connectivity index is 1.69. The number of benzene rings is 2. The highest BCUT2D eigenvalue weighted by Crippen LogP contribution is 2.27. The van der Waals surface area contributed by atoms with Gasteiger partial charge in [0.15, 0.2) is 0 Å². The first kappa shape index (κ1) is 16.1. The molecule has 1 unspecified atom stereocenters. The van der Waals surface area contributed by atoms with Crippen molar-refractivity contribution in [3.8, 4) is 0 Å². The molecule has 2 amide bonds. The van der Waals surface area contributed by atoms with E-state index in [1.807, 2.05) is 0 Å². The molecule has 124 valence electrons. The topological polar surface area (TPSA) is 49.4 Å². The summed E-state index contributed by atoms with van der Waals surface area (Å²) >= 11 is 0. The van der Waals surface area contributed by atoms with E-state index in [0.29, 0.717) is 12.1 Å². The highest BCUT2D eigenvalue weighted by molar-refractivity contribution is 6.03. The molecule has 2 aromatic rings. The fraction of sp³-hybridized carbons (Fsp3) is 0.222. The second-order valence-electron chi connectivity index (χ2n) is 5.64. The van der Waals surface area contributed by atoms with Gasteiger partial charge in [-0.05, 0) is 48.4 Å². The van der Waals surface area contributed by atoms with E-state index in [1.54, 1.807) is 12.1 Å². The number of carbonyl (C=O) groups is 2. The van der Waals surface area contributed by atoms with E-state index in [4.69, 9.17) is 0 Å². The molecule has 1 N–H and O–H groups in total. The van der Waals surface area contributed by atoms with Gasteiger partial charge in [0.25, 0.3) is 0 Å². The quantitative estimate of drug-likeness (QED) is 0.937. The third-order valence-electron chi connectivity index (χ3n) is 4.00. The Hall–Kier alpha value is -2.76. The minimum atomic E-state index is -0.622. The van der Waals surface area contributed by atoms with Crippen LogP contribution in [0.2, 0.25) is 0 Å². The molecule has 1 atom stereocenters. The van der Waals surface area contributed by atoms with E-state index in [-0.39, 0.29) is 30.6 Å². The van der Waals surface area contributed by atoms with Gasteiger partial charge in [0.1, 0.15) is 17.7 Å². The van der Waals surface area contributed by atoms with Gasteiger partial charge in [0.05, 0.1) is 0 Å². The summed E-state index contributed by atoms with van der Waals surface area (Å²) in [6.45, 7) is 0.251. The average Bonchev–Trinajstić information content (AvgIpc) is 2.96. The van der Waals surface area contributed by atoms with Crippen LogP contribution in [0.1, 0.15) is 18.4 Å². The minimum absolute atomic E-state index is 0.163. The number of nitrogens with one attached hydrogen (secondary N) is 1. The third kappa shape index (κ3) is 3.42. The SMILES string of the molecule is O=C(NCc1ccc(F)cc1)C1CCC(=O)N1c1ccc(F)cc1. The molecule has 0 spiro atoms. The van der Waals surface area contributed by atoms with E-state index >= 15 is 0 Å². The third-order valence-corrected chi connectivity index (χ3v) is 4.00. The second kappa shape index (κ2) is 6.78. The van der Waals surface area contributed by atoms with Gasteiger partial charge < -0.3 is 5.32 Å². The lowest BCUT2D eigenvalue weighted by Gasteiger charge is -2.24. The molecule has 1 aliphatic rings. The van der Waals surface area contributed by atoms with Crippen LogP contribution in [0, 0.1) is 11.6 Å². The molecular formula is C18H16F2N2O2. The van der Waals surface area contributed by atoms with Crippen molar-refractivity contribution in [2.24, 2.45) is 0 Å². The van der Waals surface area contributed by atoms with Gasteiger partial charge in [0, 0.05) is 18.7 Å². The normalized spacial score (nSPS) is 17.2. The molecule has 6 heteroatoms. The predicted molar refractivity (Wildman–Crippen MR) is 85.2 cm³/mol. The van der Waals surface area contributed by atoms with Gasteiger partial charge in [-0.1, -0.05) is 12.1 Å². The lowest BCUT2D eigenvalue weighted by molar-refractivity contribution is -0.124. The molecule has 4 nitrogen and oxygen atoms in total. The Bertz CT molecular complexity index is 745. The van der Waals surface area contributed by atoms with Crippen LogP contribution in [0.15, 0.2) is 48.5 Å². The van der Waals surface area contributed by atoms with Crippen LogP contribution in [-0.2, 0) is 16.1 Å². The van der Waals surface area contributed by atoms with E-state index in [2.05, 4.69) is 5.32 Å². The van der Waals surface area contributed by atoms with Gasteiger partial charge in [-0.15, -0.1) is 0 Å². The van der Waals surface area contributed by atoms with Crippen LogP contribution in [0.5, 0.6) is 0 Å². The van der Waals surface area contributed by atoms with Crippen LogP contribution in [0.3, 0.4) is 0 Å². The van der Waals surface area contributed by atoms with Crippen molar-refractivity contribution in [1.29, 1.82) is 0 Å². The Morgan fingerprint density at radius 2 is 1.62 bits per heavy atom. The first-order chi connectivity index (χ1) is 11.5. The Morgan fingerprint density at radius 3 is 2.25 bits per heavy atom. The molecule has 0 bridgehead atoms. The monoisotopic (exact) mass is 330 g/mol. The van der Waals surface area contributed by atoms with Crippen molar-refractivity contribution in [2.45, 2.75) is 25.4 Å². The van der Waals surface area contributed by atoms with E-state index < -0.39 is 11.9 Å². The number of amides is 2. The molecule has 0 saturated carbocycles. The molecule has 0 aliphatic carbocycles. The molecule has 0 radical (unpaired) electrons. The number of halogens is 2. The van der Waals surface area contributed by atoms with Gasteiger partial charge in [-0.3, -0.25) is 14.5 Å².